The van der Waals surface area contributed by atoms with Crippen LogP contribution in [0.1, 0.15) is 112 Å². The maximum Gasteiger partial charge on any atom is 0.246 e. The van der Waals surface area contributed by atoms with Gasteiger partial charge in [0.15, 0.2) is 0 Å². The highest BCUT2D eigenvalue weighted by molar-refractivity contribution is 8.00. The summed E-state index contributed by atoms with van der Waals surface area (Å²) in [6.45, 7) is 11.7. The van der Waals surface area contributed by atoms with E-state index < -0.39 is 45.5 Å². The van der Waals surface area contributed by atoms with Gasteiger partial charge in [-0.25, -0.2) is 12.7 Å². The lowest BCUT2D eigenvalue weighted by atomic mass is 9.85. The number of nitrogens with zero attached hydrogens (tertiary/aromatic N) is 4. The minimum absolute atomic E-state index is 0.00544. The third-order valence-corrected chi connectivity index (χ3v) is 19.5. The number of hydrogen-bond acceptors (Lipinski definition) is 15. The quantitative estimate of drug-likeness (QED) is 0.105. The van der Waals surface area contributed by atoms with Crippen LogP contribution in [0.3, 0.4) is 0 Å². The van der Waals surface area contributed by atoms with E-state index in [-0.39, 0.29) is 92.7 Å². The van der Waals surface area contributed by atoms with Crippen molar-refractivity contribution in [3.05, 3.63) is 70.8 Å². The predicted octanol–water partition coefficient (Wildman–Crippen LogP) is 1.50. The zero-order chi connectivity index (χ0) is 54.3. The van der Waals surface area contributed by atoms with Crippen molar-refractivity contribution < 1.29 is 42.3 Å². The zero-order valence-electron chi connectivity index (χ0n) is 44.6. The molecular weight excluding hydrogens is 1030 g/mol. The lowest BCUT2D eigenvalue weighted by molar-refractivity contribution is -0.144. The number of carbonyl (C=O) groups excluding carboxylic acids is 6. The monoisotopic (exact) mass is 1110 g/mol. The standard InChI is InChI=1S/C53H79N11O9S3/c1-33-47(75-32-57-33)35-14-12-34(13-15-35)27-55-50(70)42-26-40(65)30-64(42)51(71)48(53(2,3)4)59-44(66)10-7-11-46(68)62-22-20-61(21-23-62)43-25-37(16-18-54-43)36-8-6-9-38(24-36)41-31-74-52(58-41)60-45(67)28-56-49(69)39-17-19-63(29-39)76(5,72)73/h6,8-9,12-15,24,33,37,39-43,47-48,52,54,57-58,65H,7,10-11,16-23,25-32H2,1-5H3,(H,55,70)(H,56,69)(H,59,66)(H,60,67)/t33?,37?,39?,40-,41?,42+,43?,47?,48-,52?/m1/s1. The fraction of sp³-hybridized carbons (Fsp3) is 0.660. The molecule has 0 saturated carbocycles. The Morgan fingerprint density at radius 2 is 1.59 bits per heavy atom. The molecule has 7 unspecified atom stereocenters. The molecule has 76 heavy (non-hydrogen) atoms. The number of amides is 6. The van der Waals surface area contributed by atoms with E-state index in [0.717, 1.165) is 61.5 Å². The molecular formula is C53H79N11O9S3. The van der Waals surface area contributed by atoms with E-state index in [4.69, 9.17) is 0 Å². The molecule has 23 heteroatoms. The number of sulfonamides is 1. The van der Waals surface area contributed by atoms with E-state index in [2.05, 4.69) is 85.4 Å². The van der Waals surface area contributed by atoms with E-state index in [0.29, 0.717) is 49.7 Å². The lowest BCUT2D eigenvalue weighted by Crippen LogP contribution is -2.57. The van der Waals surface area contributed by atoms with Gasteiger partial charge in [-0.2, -0.15) is 0 Å². The highest BCUT2D eigenvalue weighted by Gasteiger charge is 2.45. The van der Waals surface area contributed by atoms with E-state index in [1.807, 2.05) is 49.6 Å². The molecule has 2 aromatic rings. The summed E-state index contributed by atoms with van der Waals surface area (Å²) < 4.78 is 25.0. The van der Waals surface area contributed by atoms with Crippen molar-refractivity contribution in [2.75, 3.05) is 76.8 Å². The van der Waals surface area contributed by atoms with Crippen molar-refractivity contribution in [1.82, 2.24) is 56.2 Å². The second-order valence-corrected chi connectivity index (χ2v) is 26.7. The highest BCUT2D eigenvalue weighted by atomic mass is 32.2. The molecule has 0 aromatic heterocycles. The van der Waals surface area contributed by atoms with Crippen LogP contribution < -0.4 is 37.2 Å². The van der Waals surface area contributed by atoms with E-state index >= 15 is 0 Å². The number of piperazine rings is 1. The molecule has 2 aromatic carbocycles. The van der Waals surface area contributed by atoms with Gasteiger partial charge < -0.3 is 46.8 Å². The summed E-state index contributed by atoms with van der Waals surface area (Å²) in [4.78, 5) is 85.7. The number of hydrogen-bond donors (Lipinski definition) is 8. The first-order chi connectivity index (χ1) is 36.2. The summed E-state index contributed by atoms with van der Waals surface area (Å²) in [5, 5.41) is 33.2. The molecule has 6 aliphatic heterocycles. The largest absolute Gasteiger partial charge is 0.391 e. The summed E-state index contributed by atoms with van der Waals surface area (Å²) in [5.41, 5.74) is 3.55. The maximum atomic E-state index is 14.2. The Hall–Kier alpha value is -4.33. The van der Waals surface area contributed by atoms with Gasteiger partial charge in [0.05, 0.1) is 31.0 Å². The molecule has 20 nitrogen and oxygen atoms in total. The minimum Gasteiger partial charge on any atom is -0.391 e. The van der Waals surface area contributed by atoms with Crippen molar-refractivity contribution in [3.63, 3.8) is 0 Å². The maximum absolute atomic E-state index is 14.2. The molecule has 6 fully saturated rings. The first-order valence-electron chi connectivity index (χ1n) is 26.9. The minimum atomic E-state index is -3.36. The first-order valence-corrected chi connectivity index (χ1v) is 30.9. The Kier molecular flexibility index (Phi) is 19.5. The molecule has 418 valence electrons. The van der Waals surface area contributed by atoms with Crippen LogP contribution in [-0.2, 0) is 45.3 Å². The van der Waals surface area contributed by atoms with Crippen LogP contribution in [0.2, 0.25) is 0 Å². The zero-order valence-corrected chi connectivity index (χ0v) is 47.0. The van der Waals surface area contributed by atoms with Gasteiger partial charge >= 0.3 is 0 Å². The van der Waals surface area contributed by atoms with Crippen LogP contribution in [0.4, 0.5) is 0 Å². The number of thioether (sulfide) groups is 2. The van der Waals surface area contributed by atoms with Gasteiger partial charge in [0.1, 0.15) is 17.6 Å². The van der Waals surface area contributed by atoms with Crippen molar-refractivity contribution in [2.45, 2.75) is 132 Å². The molecule has 10 atom stereocenters. The number of rotatable bonds is 18. The Morgan fingerprint density at radius 3 is 2.29 bits per heavy atom. The molecule has 6 heterocycles. The van der Waals surface area contributed by atoms with Gasteiger partial charge in [-0.15, -0.1) is 23.5 Å². The molecule has 8 rings (SSSR count). The van der Waals surface area contributed by atoms with Gasteiger partial charge in [-0.3, -0.25) is 39.0 Å². The lowest BCUT2D eigenvalue weighted by Gasteiger charge is -2.43. The van der Waals surface area contributed by atoms with Crippen LogP contribution >= 0.6 is 23.5 Å². The summed E-state index contributed by atoms with van der Waals surface area (Å²) in [6.07, 6.45) is 3.46. The third-order valence-electron chi connectivity index (χ3n) is 15.7. The number of benzene rings is 2. The summed E-state index contributed by atoms with van der Waals surface area (Å²) in [6, 6.07) is 15.4. The van der Waals surface area contributed by atoms with Gasteiger partial charge in [0.2, 0.25) is 45.5 Å². The SMILES string of the molecule is CC1NCSC1c1ccc(CNC(=O)[C@@H]2C[C@@H](O)CN2C(=O)[C@@H](NC(=O)CCCC(=O)N2CCN(C3CC(c4cccc(C5CSC(NC(=O)CNC(=O)C6CCN(S(C)(=O)=O)C6)N5)c4)CCN3)CC2)C(C)(C)C)cc1. The Morgan fingerprint density at radius 1 is 0.842 bits per heavy atom. The first kappa shape index (κ1) is 57.8. The summed E-state index contributed by atoms with van der Waals surface area (Å²) >= 11 is 3.46. The normalized spacial score (nSPS) is 28.0. The van der Waals surface area contributed by atoms with Crippen LogP contribution in [0, 0.1) is 11.3 Å². The number of piperidine rings is 1. The second-order valence-electron chi connectivity index (χ2n) is 22.4. The summed E-state index contributed by atoms with van der Waals surface area (Å²) in [5.74, 6) is -0.233. The average Bonchev–Trinajstić information content (AvgIpc) is 4.25. The number of β-amino-alcohol motifs (C(OH)–C–C–N with tert-alkyl or cyclic N) is 1. The van der Waals surface area contributed by atoms with Crippen LogP contribution in [0.25, 0.3) is 0 Å². The van der Waals surface area contributed by atoms with Gasteiger partial charge in [-0.1, -0.05) is 69.3 Å². The number of aliphatic hydroxyl groups is 1. The second kappa shape index (κ2) is 25.6. The number of aliphatic hydroxyl groups excluding tert-OH is 1. The predicted molar refractivity (Wildman–Crippen MR) is 294 cm³/mol. The highest BCUT2D eigenvalue weighted by Crippen LogP contribution is 2.37. The molecule has 0 spiro atoms. The van der Waals surface area contributed by atoms with Gasteiger partial charge in [0.25, 0.3) is 0 Å². The fourth-order valence-corrected chi connectivity index (χ4v) is 14.5. The Bertz CT molecular complexity index is 2510. The molecule has 0 bridgehead atoms. The van der Waals surface area contributed by atoms with Crippen molar-refractivity contribution in [1.29, 1.82) is 0 Å². The fourth-order valence-electron chi connectivity index (χ4n) is 11.2. The molecule has 6 aliphatic rings. The van der Waals surface area contributed by atoms with Crippen molar-refractivity contribution in [2.24, 2.45) is 11.3 Å². The average molecular weight is 1110 g/mol. The number of nitrogens with one attached hydrogen (secondary N) is 7. The third kappa shape index (κ3) is 15.1. The van der Waals surface area contributed by atoms with Crippen LogP contribution in [-0.4, -0.2) is 181 Å². The number of likely N-dealkylation sites (tertiary alicyclic amines) is 1. The summed E-state index contributed by atoms with van der Waals surface area (Å²) in [7, 11) is -3.36. The van der Waals surface area contributed by atoms with Crippen LogP contribution in [0.15, 0.2) is 48.5 Å². The molecule has 6 saturated heterocycles. The Labute approximate surface area is 456 Å². The van der Waals surface area contributed by atoms with Crippen molar-refractivity contribution in [3.8, 4) is 0 Å². The molecule has 6 amide bonds. The smallest absolute Gasteiger partial charge is 0.246 e. The van der Waals surface area contributed by atoms with E-state index in [9.17, 15) is 42.3 Å². The van der Waals surface area contributed by atoms with E-state index in [1.165, 1.54) is 20.3 Å². The number of carbonyl (C=O) groups is 6. The van der Waals surface area contributed by atoms with Crippen molar-refractivity contribution >= 4 is 69.0 Å². The Balaban J connectivity index is 0.735. The van der Waals surface area contributed by atoms with Gasteiger partial charge in [0, 0.05) is 101 Å². The molecule has 0 radical (unpaired) electrons. The molecule has 0 aliphatic carbocycles. The van der Waals surface area contributed by atoms with Gasteiger partial charge in [-0.05, 0) is 72.7 Å². The topological polar surface area (TPSA) is 254 Å². The van der Waals surface area contributed by atoms with Crippen LogP contribution in [0.5, 0.6) is 0 Å². The van der Waals surface area contributed by atoms with E-state index in [1.54, 1.807) is 11.8 Å². The molecule has 8 N–H and O–H groups in total.